The minimum absolute atomic E-state index is 0.0698. The van der Waals surface area contributed by atoms with Gasteiger partial charge in [0.2, 0.25) is 11.8 Å². The maximum Gasteiger partial charge on any atom is 0.434 e. The van der Waals surface area contributed by atoms with Crippen molar-refractivity contribution < 1.29 is 22.8 Å². The van der Waals surface area contributed by atoms with Crippen molar-refractivity contribution in [3.63, 3.8) is 0 Å². The number of hydrogen-bond donors (Lipinski definition) is 0. The van der Waals surface area contributed by atoms with Crippen LogP contribution in [0.5, 0.6) is 0 Å². The van der Waals surface area contributed by atoms with Gasteiger partial charge in [0, 0.05) is 11.8 Å². The SMILES string of the molecule is O=C1C[C@@]2(CCc3ccccc32)C(=O)N1Cc1nc(C(F)(F)F)cs1. The number of carbonyl (C=O) groups is 2. The lowest BCUT2D eigenvalue weighted by Crippen LogP contribution is -2.36. The van der Waals surface area contributed by atoms with Crippen molar-refractivity contribution in [1.82, 2.24) is 9.88 Å². The van der Waals surface area contributed by atoms with Crippen LogP contribution in [-0.2, 0) is 34.1 Å². The number of hydrogen-bond acceptors (Lipinski definition) is 4. The van der Waals surface area contributed by atoms with Gasteiger partial charge in [0.25, 0.3) is 0 Å². The highest BCUT2D eigenvalue weighted by atomic mass is 32.1. The monoisotopic (exact) mass is 366 g/mol. The van der Waals surface area contributed by atoms with E-state index >= 15 is 0 Å². The quantitative estimate of drug-likeness (QED) is 0.767. The second-order valence-electron chi connectivity index (χ2n) is 6.33. The standard InChI is InChI=1S/C17H13F3N2O2S/c18-17(19,20)12-9-25-13(21-12)8-22-14(23)7-16(15(22)24)6-5-10-3-1-2-4-11(10)16/h1-4,9H,5-8H2/t16-/m1/s1. The molecular weight excluding hydrogens is 353 g/mol. The summed E-state index contributed by atoms with van der Waals surface area (Å²) < 4.78 is 38.0. The highest BCUT2D eigenvalue weighted by Gasteiger charge is 2.55. The molecule has 1 saturated heterocycles. The van der Waals surface area contributed by atoms with Crippen molar-refractivity contribution in [3.05, 3.63) is 51.5 Å². The van der Waals surface area contributed by atoms with Crippen molar-refractivity contribution in [3.8, 4) is 0 Å². The number of amides is 2. The highest BCUT2D eigenvalue weighted by Crippen LogP contribution is 2.47. The van der Waals surface area contributed by atoms with Gasteiger partial charge in [-0.15, -0.1) is 11.3 Å². The molecule has 0 unspecified atom stereocenters. The molecule has 1 aliphatic heterocycles. The summed E-state index contributed by atoms with van der Waals surface area (Å²) in [5.74, 6) is -0.684. The molecule has 0 bridgehead atoms. The summed E-state index contributed by atoms with van der Waals surface area (Å²) in [4.78, 5) is 30.0. The van der Waals surface area contributed by atoms with Gasteiger partial charge in [-0.05, 0) is 24.0 Å². The van der Waals surface area contributed by atoms with Gasteiger partial charge < -0.3 is 0 Å². The van der Waals surface area contributed by atoms with E-state index in [1.807, 2.05) is 24.3 Å². The number of alkyl halides is 3. The molecule has 4 rings (SSSR count). The summed E-state index contributed by atoms with van der Waals surface area (Å²) in [6, 6.07) is 7.54. The molecule has 1 atom stereocenters. The lowest BCUT2D eigenvalue weighted by atomic mass is 9.80. The number of thiazole rings is 1. The maximum absolute atomic E-state index is 13.0. The fraction of sp³-hybridized carbons (Fsp3) is 0.353. The van der Waals surface area contributed by atoms with Crippen molar-refractivity contribution in [2.75, 3.05) is 0 Å². The molecule has 2 aliphatic rings. The third-order valence-corrected chi connectivity index (χ3v) is 5.73. The second kappa shape index (κ2) is 5.39. The zero-order valence-corrected chi connectivity index (χ0v) is 13.8. The Morgan fingerprint density at radius 1 is 1.24 bits per heavy atom. The first-order valence-electron chi connectivity index (χ1n) is 7.76. The molecule has 2 aromatic rings. The Bertz CT molecular complexity index is 877. The van der Waals surface area contributed by atoms with Crippen LogP contribution < -0.4 is 0 Å². The lowest BCUT2D eigenvalue weighted by molar-refractivity contribution is -0.140. The van der Waals surface area contributed by atoms with E-state index in [-0.39, 0.29) is 29.8 Å². The molecule has 1 aromatic heterocycles. The summed E-state index contributed by atoms with van der Waals surface area (Å²) in [5.41, 5.74) is 0.0650. The number of rotatable bonds is 2. The Morgan fingerprint density at radius 3 is 2.72 bits per heavy atom. The smallest absolute Gasteiger partial charge is 0.275 e. The average Bonchev–Trinajstić information content (AvgIpc) is 3.23. The van der Waals surface area contributed by atoms with Crippen LogP contribution in [0.4, 0.5) is 13.2 Å². The van der Waals surface area contributed by atoms with E-state index in [1.54, 1.807) is 0 Å². The Kier molecular flexibility index (Phi) is 3.50. The van der Waals surface area contributed by atoms with Crippen molar-refractivity contribution in [2.45, 2.75) is 37.4 Å². The summed E-state index contributed by atoms with van der Waals surface area (Å²) in [6.45, 7) is -0.206. The fourth-order valence-electron chi connectivity index (χ4n) is 3.70. The van der Waals surface area contributed by atoms with E-state index in [1.165, 1.54) is 0 Å². The Labute approximate surface area is 145 Å². The summed E-state index contributed by atoms with van der Waals surface area (Å²) in [6.07, 6.45) is -3.18. The van der Waals surface area contributed by atoms with Gasteiger partial charge in [0.1, 0.15) is 5.01 Å². The number of aromatic nitrogens is 1. The van der Waals surface area contributed by atoms with Gasteiger partial charge in [0.05, 0.1) is 12.0 Å². The Morgan fingerprint density at radius 2 is 2.00 bits per heavy atom. The predicted molar refractivity (Wildman–Crippen MR) is 83.7 cm³/mol. The van der Waals surface area contributed by atoms with Crippen LogP contribution >= 0.6 is 11.3 Å². The number of carbonyl (C=O) groups excluding carboxylic acids is 2. The third-order valence-electron chi connectivity index (χ3n) is 4.90. The molecular formula is C17H13F3N2O2S. The molecule has 1 fully saturated rings. The fourth-order valence-corrected chi connectivity index (χ4v) is 4.49. The van der Waals surface area contributed by atoms with Crippen molar-refractivity contribution in [2.24, 2.45) is 0 Å². The number of likely N-dealkylation sites (tertiary alicyclic amines) is 1. The molecule has 0 N–H and O–H groups in total. The Balaban J connectivity index is 1.62. The molecule has 1 spiro atoms. The van der Waals surface area contributed by atoms with Gasteiger partial charge >= 0.3 is 6.18 Å². The zero-order chi connectivity index (χ0) is 17.8. The summed E-state index contributed by atoms with van der Waals surface area (Å²) in [7, 11) is 0. The molecule has 0 saturated carbocycles. The molecule has 8 heteroatoms. The molecule has 25 heavy (non-hydrogen) atoms. The summed E-state index contributed by atoms with van der Waals surface area (Å²) >= 11 is 0.807. The van der Waals surface area contributed by atoms with E-state index in [0.717, 1.165) is 39.2 Å². The molecule has 0 radical (unpaired) electrons. The number of nitrogens with zero attached hydrogens (tertiary/aromatic N) is 2. The first-order chi connectivity index (χ1) is 11.8. The number of aryl methyl sites for hydroxylation is 1. The van der Waals surface area contributed by atoms with Crippen molar-refractivity contribution >= 4 is 23.2 Å². The molecule has 2 amide bonds. The van der Waals surface area contributed by atoms with Gasteiger partial charge in [-0.3, -0.25) is 14.5 Å². The third kappa shape index (κ3) is 2.47. The van der Waals surface area contributed by atoms with E-state index in [0.29, 0.717) is 6.42 Å². The normalized spacial score (nSPS) is 22.9. The van der Waals surface area contributed by atoms with E-state index in [4.69, 9.17) is 0 Å². The van der Waals surface area contributed by atoms with Crippen LogP contribution in [0.2, 0.25) is 0 Å². The zero-order valence-electron chi connectivity index (χ0n) is 13.0. The van der Waals surface area contributed by atoms with Crippen molar-refractivity contribution in [1.29, 1.82) is 0 Å². The molecule has 4 nitrogen and oxygen atoms in total. The van der Waals surface area contributed by atoms with Crippen LogP contribution in [0.1, 0.15) is 34.7 Å². The first kappa shape index (κ1) is 16.3. The number of halogens is 3. The van der Waals surface area contributed by atoms with E-state index in [9.17, 15) is 22.8 Å². The molecule has 2 heterocycles. The minimum atomic E-state index is -4.53. The van der Waals surface area contributed by atoms with Crippen LogP contribution in [0.25, 0.3) is 0 Å². The van der Waals surface area contributed by atoms with Gasteiger partial charge in [0.15, 0.2) is 5.69 Å². The molecule has 1 aromatic carbocycles. The maximum atomic E-state index is 13.0. The van der Waals surface area contributed by atoms with Crippen LogP contribution in [0, 0.1) is 0 Å². The van der Waals surface area contributed by atoms with Crippen LogP contribution in [-0.4, -0.2) is 21.7 Å². The largest absolute Gasteiger partial charge is 0.434 e. The van der Waals surface area contributed by atoms with Gasteiger partial charge in [-0.25, -0.2) is 4.98 Å². The summed E-state index contributed by atoms with van der Waals surface area (Å²) in [5, 5.41) is 1.01. The topological polar surface area (TPSA) is 50.3 Å². The lowest BCUT2D eigenvalue weighted by Gasteiger charge is -2.22. The number of imide groups is 1. The van der Waals surface area contributed by atoms with Crippen LogP contribution in [0.15, 0.2) is 29.6 Å². The van der Waals surface area contributed by atoms with Gasteiger partial charge in [-0.2, -0.15) is 13.2 Å². The first-order valence-corrected chi connectivity index (χ1v) is 8.64. The molecule has 130 valence electrons. The average molecular weight is 366 g/mol. The van der Waals surface area contributed by atoms with E-state index in [2.05, 4.69) is 4.98 Å². The van der Waals surface area contributed by atoms with Crippen LogP contribution in [0.3, 0.4) is 0 Å². The number of benzene rings is 1. The van der Waals surface area contributed by atoms with Gasteiger partial charge in [-0.1, -0.05) is 24.3 Å². The Hall–Kier alpha value is -2.22. The minimum Gasteiger partial charge on any atom is -0.275 e. The predicted octanol–water partition coefficient (Wildman–Crippen LogP) is 3.31. The highest BCUT2D eigenvalue weighted by molar-refractivity contribution is 7.09. The number of fused-ring (bicyclic) bond motifs is 2. The van der Waals surface area contributed by atoms with E-state index < -0.39 is 17.3 Å². The second-order valence-corrected chi connectivity index (χ2v) is 7.27. The molecule has 1 aliphatic carbocycles.